The van der Waals surface area contributed by atoms with Crippen molar-refractivity contribution < 1.29 is 8.42 Å². The molecule has 19 heavy (non-hydrogen) atoms. The van der Waals surface area contributed by atoms with Crippen LogP contribution in [0.2, 0.25) is 0 Å². The summed E-state index contributed by atoms with van der Waals surface area (Å²) >= 11 is 0. The molecule has 1 aliphatic heterocycles. The van der Waals surface area contributed by atoms with Crippen molar-refractivity contribution in [3.63, 3.8) is 0 Å². The average Bonchev–Trinajstić information content (AvgIpc) is 2.47. The van der Waals surface area contributed by atoms with E-state index in [2.05, 4.69) is 17.2 Å². The Balaban J connectivity index is 2.13. The summed E-state index contributed by atoms with van der Waals surface area (Å²) in [6, 6.07) is 6.48. The van der Waals surface area contributed by atoms with E-state index in [4.69, 9.17) is 5.84 Å². The standard InChI is InChI=1S/C12H20N4O2S/c1-2-15-7-9-16(10-8-15)19(17,18)12-5-3-11(14-13)4-6-12/h3-6,14H,2,7-10,13H2,1H3. The summed E-state index contributed by atoms with van der Waals surface area (Å²) in [5.41, 5.74) is 3.17. The molecule has 1 aromatic carbocycles. The molecular weight excluding hydrogens is 264 g/mol. The number of hydrazine groups is 1. The number of sulfonamides is 1. The zero-order chi connectivity index (χ0) is 13.9. The van der Waals surface area contributed by atoms with Crippen molar-refractivity contribution in [1.82, 2.24) is 9.21 Å². The number of rotatable bonds is 4. The predicted molar refractivity (Wildman–Crippen MR) is 75.1 cm³/mol. The molecule has 0 unspecified atom stereocenters. The van der Waals surface area contributed by atoms with Gasteiger partial charge in [-0.25, -0.2) is 8.42 Å². The van der Waals surface area contributed by atoms with Gasteiger partial charge in [0, 0.05) is 31.9 Å². The van der Waals surface area contributed by atoms with Crippen LogP contribution in [0.25, 0.3) is 0 Å². The highest BCUT2D eigenvalue weighted by molar-refractivity contribution is 7.89. The molecule has 0 amide bonds. The Kier molecular flexibility index (Phi) is 4.41. The number of nitrogens with zero attached hydrogens (tertiary/aromatic N) is 2. The Labute approximate surface area is 114 Å². The van der Waals surface area contributed by atoms with Gasteiger partial charge in [0.25, 0.3) is 0 Å². The fraction of sp³-hybridized carbons (Fsp3) is 0.500. The van der Waals surface area contributed by atoms with Crippen LogP contribution in [-0.4, -0.2) is 50.3 Å². The van der Waals surface area contributed by atoms with Gasteiger partial charge >= 0.3 is 0 Å². The molecule has 1 fully saturated rings. The minimum atomic E-state index is -3.38. The van der Waals surface area contributed by atoms with E-state index >= 15 is 0 Å². The van der Waals surface area contributed by atoms with Gasteiger partial charge in [0.2, 0.25) is 10.0 Å². The van der Waals surface area contributed by atoms with Crippen LogP contribution in [0, 0.1) is 0 Å². The fourth-order valence-corrected chi connectivity index (χ4v) is 3.58. The van der Waals surface area contributed by atoms with Gasteiger partial charge in [-0.1, -0.05) is 6.92 Å². The maximum atomic E-state index is 12.4. The van der Waals surface area contributed by atoms with Gasteiger partial charge in [-0.05, 0) is 30.8 Å². The van der Waals surface area contributed by atoms with Gasteiger partial charge in [-0.15, -0.1) is 0 Å². The number of hydrogen-bond acceptors (Lipinski definition) is 5. The molecule has 1 saturated heterocycles. The molecule has 0 aromatic heterocycles. The van der Waals surface area contributed by atoms with Crippen molar-refractivity contribution in [2.24, 2.45) is 5.84 Å². The van der Waals surface area contributed by atoms with Crippen molar-refractivity contribution in [2.75, 3.05) is 38.1 Å². The molecule has 2 rings (SSSR count). The maximum absolute atomic E-state index is 12.4. The molecule has 0 atom stereocenters. The van der Waals surface area contributed by atoms with E-state index in [9.17, 15) is 8.42 Å². The first-order chi connectivity index (χ1) is 9.07. The zero-order valence-corrected chi connectivity index (χ0v) is 11.9. The second-order valence-corrected chi connectivity index (χ2v) is 6.44. The van der Waals surface area contributed by atoms with Gasteiger partial charge in [-0.3, -0.25) is 5.84 Å². The Bertz CT molecular complexity index is 507. The third kappa shape index (κ3) is 3.06. The van der Waals surface area contributed by atoms with E-state index in [1.807, 2.05) is 0 Å². The number of piperazine rings is 1. The van der Waals surface area contributed by atoms with Crippen molar-refractivity contribution in [3.8, 4) is 0 Å². The zero-order valence-electron chi connectivity index (χ0n) is 11.0. The van der Waals surface area contributed by atoms with Crippen LogP contribution >= 0.6 is 0 Å². The van der Waals surface area contributed by atoms with E-state index in [1.54, 1.807) is 28.6 Å². The third-order valence-corrected chi connectivity index (χ3v) is 5.35. The fourth-order valence-electron chi connectivity index (χ4n) is 2.16. The second kappa shape index (κ2) is 5.87. The number of anilines is 1. The molecule has 1 aromatic rings. The molecular formula is C12H20N4O2S. The normalized spacial score (nSPS) is 18.4. The summed E-state index contributed by atoms with van der Waals surface area (Å²) in [5, 5.41) is 0. The van der Waals surface area contributed by atoms with E-state index in [0.717, 1.165) is 19.6 Å². The van der Waals surface area contributed by atoms with Crippen molar-refractivity contribution in [1.29, 1.82) is 0 Å². The number of nitrogens with one attached hydrogen (secondary N) is 1. The largest absolute Gasteiger partial charge is 0.324 e. The first-order valence-electron chi connectivity index (χ1n) is 6.37. The first-order valence-corrected chi connectivity index (χ1v) is 7.81. The summed E-state index contributed by atoms with van der Waals surface area (Å²) in [4.78, 5) is 2.56. The highest BCUT2D eigenvalue weighted by Gasteiger charge is 2.27. The van der Waals surface area contributed by atoms with E-state index in [-0.39, 0.29) is 0 Å². The van der Waals surface area contributed by atoms with Gasteiger partial charge in [0.05, 0.1) is 4.90 Å². The number of likely N-dealkylation sites (N-methyl/N-ethyl adjacent to an activating group) is 1. The summed E-state index contributed by atoms with van der Waals surface area (Å²) in [5.74, 6) is 5.27. The van der Waals surface area contributed by atoms with E-state index in [1.165, 1.54) is 0 Å². The first kappa shape index (κ1) is 14.3. The number of nitrogens with two attached hydrogens (primary N) is 1. The SMILES string of the molecule is CCN1CCN(S(=O)(=O)c2ccc(NN)cc2)CC1. The topological polar surface area (TPSA) is 78.7 Å². The summed E-state index contributed by atoms with van der Waals surface area (Å²) in [6.07, 6.45) is 0. The number of benzene rings is 1. The Morgan fingerprint density at radius 1 is 1.16 bits per heavy atom. The molecule has 0 saturated carbocycles. The molecule has 1 heterocycles. The highest BCUT2D eigenvalue weighted by atomic mass is 32.2. The Hall–Kier alpha value is -1.15. The maximum Gasteiger partial charge on any atom is 0.243 e. The number of hydrogen-bond donors (Lipinski definition) is 2. The molecule has 6 nitrogen and oxygen atoms in total. The molecule has 0 bridgehead atoms. The average molecular weight is 284 g/mol. The quantitative estimate of drug-likeness (QED) is 0.614. The van der Waals surface area contributed by atoms with Crippen LogP contribution in [0.1, 0.15) is 6.92 Å². The van der Waals surface area contributed by atoms with Crippen LogP contribution in [0.15, 0.2) is 29.2 Å². The molecule has 7 heteroatoms. The van der Waals surface area contributed by atoms with Gasteiger partial charge < -0.3 is 10.3 Å². The lowest BCUT2D eigenvalue weighted by molar-refractivity contribution is 0.196. The lowest BCUT2D eigenvalue weighted by Crippen LogP contribution is -2.48. The lowest BCUT2D eigenvalue weighted by atomic mass is 10.3. The Morgan fingerprint density at radius 2 is 1.74 bits per heavy atom. The van der Waals surface area contributed by atoms with Gasteiger partial charge in [0.15, 0.2) is 0 Å². The van der Waals surface area contributed by atoms with Crippen LogP contribution in [0.4, 0.5) is 5.69 Å². The van der Waals surface area contributed by atoms with Crippen molar-refractivity contribution >= 4 is 15.7 Å². The highest BCUT2D eigenvalue weighted by Crippen LogP contribution is 2.19. The molecule has 0 radical (unpaired) electrons. The van der Waals surface area contributed by atoms with Crippen molar-refractivity contribution in [3.05, 3.63) is 24.3 Å². The molecule has 0 spiro atoms. The smallest absolute Gasteiger partial charge is 0.243 e. The number of nitrogen functional groups attached to an aromatic ring is 1. The summed E-state index contributed by atoms with van der Waals surface area (Å²) < 4.78 is 26.4. The van der Waals surface area contributed by atoms with E-state index < -0.39 is 10.0 Å². The lowest BCUT2D eigenvalue weighted by Gasteiger charge is -2.33. The summed E-state index contributed by atoms with van der Waals surface area (Å²) in [7, 11) is -3.38. The van der Waals surface area contributed by atoms with Gasteiger partial charge in [-0.2, -0.15) is 4.31 Å². The summed E-state index contributed by atoms with van der Waals surface area (Å²) in [6.45, 7) is 5.73. The second-order valence-electron chi connectivity index (χ2n) is 4.51. The van der Waals surface area contributed by atoms with Gasteiger partial charge in [0.1, 0.15) is 0 Å². The van der Waals surface area contributed by atoms with E-state index in [0.29, 0.717) is 23.7 Å². The van der Waals surface area contributed by atoms with Crippen LogP contribution in [0.3, 0.4) is 0 Å². The van der Waals surface area contributed by atoms with Crippen molar-refractivity contribution in [2.45, 2.75) is 11.8 Å². The monoisotopic (exact) mass is 284 g/mol. The minimum Gasteiger partial charge on any atom is -0.324 e. The molecule has 0 aliphatic carbocycles. The third-order valence-electron chi connectivity index (χ3n) is 3.44. The molecule has 106 valence electrons. The van der Waals surface area contributed by atoms with Crippen LogP contribution in [-0.2, 0) is 10.0 Å². The predicted octanol–water partition coefficient (Wildman–Crippen LogP) is 0.298. The van der Waals surface area contributed by atoms with Crippen LogP contribution in [0.5, 0.6) is 0 Å². The van der Waals surface area contributed by atoms with Crippen LogP contribution < -0.4 is 11.3 Å². The molecule has 1 aliphatic rings. The molecule has 3 N–H and O–H groups in total. The minimum absolute atomic E-state index is 0.316. The Morgan fingerprint density at radius 3 is 2.21 bits per heavy atom.